The standard InChI is InChI=1S/C13H26N2O2/c1-11-6-7-13(9-11,10-14)17-8-4-5-12(16)15(2)3/h11H,4-10,14H2,1-3H3. The minimum absolute atomic E-state index is 0.111. The minimum Gasteiger partial charge on any atom is -0.374 e. The van der Waals surface area contributed by atoms with Crippen LogP contribution in [0.5, 0.6) is 0 Å². The van der Waals surface area contributed by atoms with Crippen molar-refractivity contribution >= 4 is 5.91 Å². The molecule has 0 bridgehead atoms. The van der Waals surface area contributed by atoms with Crippen LogP contribution in [0.15, 0.2) is 0 Å². The Bertz CT molecular complexity index is 256. The number of carbonyl (C=O) groups excluding carboxylic acids is 1. The van der Waals surface area contributed by atoms with E-state index in [4.69, 9.17) is 10.5 Å². The van der Waals surface area contributed by atoms with Gasteiger partial charge in [0.25, 0.3) is 0 Å². The summed E-state index contributed by atoms with van der Waals surface area (Å²) in [6.07, 6.45) is 4.67. The van der Waals surface area contributed by atoms with Crippen molar-refractivity contribution in [2.24, 2.45) is 11.7 Å². The molecular weight excluding hydrogens is 216 g/mol. The number of hydrogen-bond donors (Lipinski definition) is 1. The zero-order chi connectivity index (χ0) is 12.9. The van der Waals surface area contributed by atoms with Crippen LogP contribution in [0.3, 0.4) is 0 Å². The van der Waals surface area contributed by atoms with E-state index in [2.05, 4.69) is 6.92 Å². The summed E-state index contributed by atoms with van der Waals surface area (Å²) in [7, 11) is 3.56. The van der Waals surface area contributed by atoms with Crippen LogP contribution >= 0.6 is 0 Å². The third-order valence-corrected chi connectivity index (χ3v) is 3.63. The Morgan fingerprint density at radius 2 is 2.24 bits per heavy atom. The van der Waals surface area contributed by atoms with Gasteiger partial charge in [-0.25, -0.2) is 0 Å². The van der Waals surface area contributed by atoms with E-state index in [0.717, 1.165) is 19.3 Å². The van der Waals surface area contributed by atoms with E-state index in [1.54, 1.807) is 19.0 Å². The summed E-state index contributed by atoms with van der Waals surface area (Å²) in [5.41, 5.74) is 5.71. The summed E-state index contributed by atoms with van der Waals surface area (Å²) in [6, 6.07) is 0. The number of carbonyl (C=O) groups is 1. The number of ether oxygens (including phenoxy) is 1. The van der Waals surface area contributed by atoms with Crippen molar-refractivity contribution in [3.8, 4) is 0 Å². The first-order chi connectivity index (χ1) is 7.99. The summed E-state index contributed by atoms with van der Waals surface area (Å²) in [5, 5.41) is 0. The van der Waals surface area contributed by atoms with Crippen molar-refractivity contribution in [1.29, 1.82) is 0 Å². The fraction of sp³-hybridized carbons (Fsp3) is 0.923. The Balaban J connectivity index is 2.23. The van der Waals surface area contributed by atoms with Gasteiger partial charge in [-0.15, -0.1) is 0 Å². The van der Waals surface area contributed by atoms with E-state index < -0.39 is 0 Å². The van der Waals surface area contributed by atoms with E-state index >= 15 is 0 Å². The molecule has 1 amide bonds. The maximum absolute atomic E-state index is 11.4. The smallest absolute Gasteiger partial charge is 0.222 e. The molecule has 0 radical (unpaired) electrons. The lowest BCUT2D eigenvalue weighted by molar-refractivity contribution is -0.129. The van der Waals surface area contributed by atoms with Crippen LogP contribution in [0.4, 0.5) is 0 Å². The fourth-order valence-corrected chi connectivity index (χ4v) is 2.46. The maximum Gasteiger partial charge on any atom is 0.222 e. The molecule has 1 fully saturated rings. The molecule has 1 aliphatic rings. The van der Waals surface area contributed by atoms with Gasteiger partial charge in [0, 0.05) is 33.7 Å². The van der Waals surface area contributed by atoms with Crippen LogP contribution in [0.2, 0.25) is 0 Å². The second-order valence-corrected chi connectivity index (χ2v) is 5.48. The number of rotatable bonds is 6. The van der Waals surface area contributed by atoms with Gasteiger partial charge in [0.15, 0.2) is 0 Å². The lowest BCUT2D eigenvalue weighted by Gasteiger charge is -2.28. The van der Waals surface area contributed by atoms with Crippen molar-refractivity contribution in [1.82, 2.24) is 4.90 Å². The molecule has 2 N–H and O–H groups in total. The molecule has 4 nitrogen and oxygen atoms in total. The molecule has 17 heavy (non-hydrogen) atoms. The molecule has 1 rings (SSSR count). The summed E-state index contributed by atoms with van der Waals surface area (Å²) in [5.74, 6) is 0.872. The first kappa shape index (κ1) is 14.5. The van der Waals surface area contributed by atoms with E-state index in [-0.39, 0.29) is 11.5 Å². The molecule has 1 aliphatic carbocycles. The first-order valence-corrected chi connectivity index (χ1v) is 6.53. The number of nitrogens with two attached hydrogens (primary N) is 1. The largest absolute Gasteiger partial charge is 0.374 e. The van der Waals surface area contributed by atoms with Crippen LogP contribution in [-0.4, -0.2) is 43.7 Å². The highest BCUT2D eigenvalue weighted by Gasteiger charge is 2.36. The summed E-state index contributed by atoms with van der Waals surface area (Å²) in [4.78, 5) is 13.0. The highest BCUT2D eigenvalue weighted by Crippen LogP contribution is 2.36. The fourth-order valence-electron chi connectivity index (χ4n) is 2.46. The lowest BCUT2D eigenvalue weighted by atomic mass is 10.0. The average molecular weight is 242 g/mol. The van der Waals surface area contributed by atoms with Crippen LogP contribution in [0, 0.1) is 5.92 Å². The molecule has 0 aromatic heterocycles. The van der Waals surface area contributed by atoms with Gasteiger partial charge in [-0.1, -0.05) is 6.92 Å². The zero-order valence-corrected chi connectivity index (χ0v) is 11.4. The predicted octanol–water partition coefficient (Wildman–Crippen LogP) is 1.39. The Morgan fingerprint density at radius 3 is 2.71 bits per heavy atom. The third kappa shape index (κ3) is 4.28. The van der Waals surface area contributed by atoms with Gasteiger partial charge in [-0.2, -0.15) is 0 Å². The Labute approximate surface area is 104 Å². The zero-order valence-electron chi connectivity index (χ0n) is 11.4. The highest BCUT2D eigenvalue weighted by molar-refractivity contribution is 5.75. The van der Waals surface area contributed by atoms with E-state index in [1.165, 1.54) is 6.42 Å². The normalized spacial score (nSPS) is 28.4. The molecular formula is C13H26N2O2. The lowest BCUT2D eigenvalue weighted by Crippen LogP contribution is -2.38. The van der Waals surface area contributed by atoms with Gasteiger partial charge in [0.1, 0.15) is 0 Å². The van der Waals surface area contributed by atoms with Gasteiger partial charge in [0.2, 0.25) is 5.91 Å². The van der Waals surface area contributed by atoms with E-state index in [9.17, 15) is 4.79 Å². The van der Waals surface area contributed by atoms with Crippen molar-refractivity contribution in [2.75, 3.05) is 27.2 Å². The van der Waals surface area contributed by atoms with Gasteiger partial charge < -0.3 is 15.4 Å². The molecule has 0 spiro atoms. The van der Waals surface area contributed by atoms with Crippen molar-refractivity contribution in [2.45, 2.75) is 44.6 Å². The molecule has 2 atom stereocenters. The van der Waals surface area contributed by atoms with E-state index in [1.807, 2.05) is 0 Å². The van der Waals surface area contributed by atoms with Crippen molar-refractivity contribution in [3.63, 3.8) is 0 Å². The third-order valence-electron chi connectivity index (χ3n) is 3.63. The minimum atomic E-state index is -0.111. The molecule has 1 saturated carbocycles. The van der Waals surface area contributed by atoms with Crippen molar-refractivity contribution < 1.29 is 9.53 Å². The van der Waals surface area contributed by atoms with Gasteiger partial charge >= 0.3 is 0 Å². The Hall–Kier alpha value is -0.610. The molecule has 2 unspecified atom stereocenters. The molecule has 0 aliphatic heterocycles. The monoisotopic (exact) mass is 242 g/mol. The quantitative estimate of drug-likeness (QED) is 0.716. The molecule has 0 aromatic rings. The number of amides is 1. The molecule has 100 valence electrons. The second-order valence-electron chi connectivity index (χ2n) is 5.48. The van der Waals surface area contributed by atoms with Gasteiger partial charge in [0.05, 0.1) is 5.60 Å². The maximum atomic E-state index is 11.4. The van der Waals surface area contributed by atoms with Crippen molar-refractivity contribution in [3.05, 3.63) is 0 Å². The number of hydrogen-bond acceptors (Lipinski definition) is 3. The van der Waals surface area contributed by atoms with Crippen LogP contribution in [0.1, 0.15) is 39.0 Å². The molecule has 0 aromatic carbocycles. The first-order valence-electron chi connectivity index (χ1n) is 6.53. The second kappa shape index (κ2) is 6.36. The molecule has 4 heteroatoms. The van der Waals surface area contributed by atoms with Crippen LogP contribution in [-0.2, 0) is 9.53 Å². The number of nitrogens with zero attached hydrogens (tertiary/aromatic N) is 1. The van der Waals surface area contributed by atoms with E-state index in [0.29, 0.717) is 25.5 Å². The average Bonchev–Trinajstić information content (AvgIpc) is 2.67. The van der Waals surface area contributed by atoms with Crippen LogP contribution < -0.4 is 5.73 Å². The SMILES string of the molecule is CC1CCC(CN)(OCCCC(=O)N(C)C)C1. The van der Waals surface area contributed by atoms with Crippen LogP contribution in [0.25, 0.3) is 0 Å². The highest BCUT2D eigenvalue weighted by atomic mass is 16.5. The molecule has 0 saturated heterocycles. The Kier molecular flexibility index (Phi) is 5.40. The topological polar surface area (TPSA) is 55.6 Å². The predicted molar refractivity (Wildman–Crippen MR) is 68.7 cm³/mol. The molecule has 0 heterocycles. The summed E-state index contributed by atoms with van der Waals surface area (Å²) >= 11 is 0. The van der Waals surface area contributed by atoms with Gasteiger partial charge in [-0.3, -0.25) is 4.79 Å². The van der Waals surface area contributed by atoms with Gasteiger partial charge in [-0.05, 0) is 31.6 Å². The summed E-state index contributed by atoms with van der Waals surface area (Å²) < 4.78 is 5.94. The Morgan fingerprint density at radius 1 is 1.53 bits per heavy atom. The summed E-state index contributed by atoms with van der Waals surface area (Å²) in [6.45, 7) is 3.48.